The van der Waals surface area contributed by atoms with Crippen LogP contribution >= 0.6 is 0 Å². The van der Waals surface area contributed by atoms with E-state index >= 15 is 0 Å². The summed E-state index contributed by atoms with van der Waals surface area (Å²) in [5.74, 6) is 1.02. The first-order valence-corrected chi connectivity index (χ1v) is 9.66. The standard InChI is InChI=1S/C23H22N6O2/c1-3-31-16(2)13-27-23(25)19-6-4-5-17(9-19)11-21-22(30)7-8-29(28-21)20-10-18(12-24)14-26-15-20/h4-10,13-15H,3,11H2,1-2H3,(H2,25,27)/b16-13+. The fraction of sp³-hybridized carbons (Fsp3) is 0.174. The van der Waals surface area contributed by atoms with Gasteiger partial charge in [-0.25, -0.2) is 9.67 Å². The summed E-state index contributed by atoms with van der Waals surface area (Å²) < 4.78 is 6.87. The summed E-state index contributed by atoms with van der Waals surface area (Å²) in [5, 5.41) is 13.5. The number of allylic oxidation sites excluding steroid dienone is 1. The van der Waals surface area contributed by atoms with Crippen LogP contribution in [0.25, 0.3) is 5.69 Å². The molecule has 0 unspecified atom stereocenters. The average molecular weight is 414 g/mol. The molecule has 1 aromatic carbocycles. The average Bonchev–Trinajstić information content (AvgIpc) is 2.79. The number of rotatable bonds is 7. The molecule has 3 rings (SSSR count). The number of benzene rings is 1. The summed E-state index contributed by atoms with van der Waals surface area (Å²) in [6, 6.07) is 12.6. The van der Waals surface area contributed by atoms with Crippen LogP contribution in [0.3, 0.4) is 0 Å². The lowest BCUT2D eigenvalue weighted by Crippen LogP contribution is -2.17. The van der Waals surface area contributed by atoms with Gasteiger partial charge in [-0.05, 0) is 31.5 Å². The maximum atomic E-state index is 12.4. The van der Waals surface area contributed by atoms with E-state index in [1.807, 2.05) is 44.2 Å². The Morgan fingerprint density at radius 3 is 2.94 bits per heavy atom. The van der Waals surface area contributed by atoms with Crippen LogP contribution in [0.4, 0.5) is 0 Å². The van der Waals surface area contributed by atoms with Gasteiger partial charge in [0.05, 0.1) is 30.3 Å². The lowest BCUT2D eigenvalue weighted by molar-refractivity contribution is 0.230. The molecule has 0 saturated heterocycles. The molecule has 8 nitrogen and oxygen atoms in total. The summed E-state index contributed by atoms with van der Waals surface area (Å²) >= 11 is 0. The van der Waals surface area contributed by atoms with E-state index in [1.165, 1.54) is 16.9 Å². The molecule has 0 saturated carbocycles. The number of aliphatic imine (C=N–C) groups is 1. The van der Waals surface area contributed by atoms with Gasteiger partial charge in [0.15, 0.2) is 0 Å². The zero-order valence-electron chi connectivity index (χ0n) is 17.3. The molecule has 0 radical (unpaired) electrons. The first-order valence-electron chi connectivity index (χ1n) is 9.66. The van der Waals surface area contributed by atoms with Crippen LogP contribution in [0.2, 0.25) is 0 Å². The minimum Gasteiger partial charge on any atom is -0.497 e. The highest BCUT2D eigenvalue weighted by molar-refractivity contribution is 5.98. The monoisotopic (exact) mass is 414 g/mol. The molecular formula is C23H22N6O2. The zero-order valence-corrected chi connectivity index (χ0v) is 17.3. The third kappa shape index (κ3) is 5.64. The quantitative estimate of drug-likeness (QED) is 0.361. The van der Waals surface area contributed by atoms with Crippen LogP contribution < -0.4 is 11.2 Å². The van der Waals surface area contributed by atoms with Crippen molar-refractivity contribution in [2.24, 2.45) is 10.7 Å². The van der Waals surface area contributed by atoms with E-state index in [4.69, 9.17) is 15.7 Å². The smallest absolute Gasteiger partial charge is 0.203 e. The Kier molecular flexibility index (Phi) is 6.91. The van der Waals surface area contributed by atoms with Crippen molar-refractivity contribution in [2.75, 3.05) is 6.61 Å². The maximum Gasteiger partial charge on any atom is 0.203 e. The maximum absolute atomic E-state index is 12.4. The third-order valence-electron chi connectivity index (χ3n) is 4.35. The number of nitriles is 1. The molecule has 31 heavy (non-hydrogen) atoms. The predicted octanol–water partition coefficient (Wildman–Crippen LogP) is 2.69. The van der Waals surface area contributed by atoms with Crippen LogP contribution in [0.1, 0.15) is 36.2 Å². The highest BCUT2D eigenvalue weighted by Crippen LogP contribution is 2.11. The number of pyridine rings is 1. The normalized spacial score (nSPS) is 11.8. The summed E-state index contributed by atoms with van der Waals surface area (Å²) in [5.41, 5.74) is 8.90. The first kappa shape index (κ1) is 21.5. The Hall–Kier alpha value is -4.25. The van der Waals surface area contributed by atoms with Crippen LogP contribution in [0.15, 0.2) is 76.7 Å². The summed E-state index contributed by atoms with van der Waals surface area (Å²) in [6.45, 7) is 4.27. The minimum atomic E-state index is -0.178. The van der Waals surface area contributed by atoms with Crippen LogP contribution in [0.5, 0.6) is 0 Å². The molecule has 0 amide bonds. The number of amidine groups is 1. The van der Waals surface area contributed by atoms with Crippen molar-refractivity contribution in [2.45, 2.75) is 20.3 Å². The minimum absolute atomic E-state index is 0.178. The van der Waals surface area contributed by atoms with E-state index in [1.54, 1.807) is 24.7 Å². The summed E-state index contributed by atoms with van der Waals surface area (Å²) in [7, 11) is 0. The number of nitrogens with two attached hydrogens (primary N) is 1. The molecule has 0 atom stereocenters. The lowest BCUT2D eigenvalue weighted by Gasteiger charge is -2.08. The van der Waals surface area contributed by atoms with Gasteiger partial charge >= 0.3 is 0 Å². The molecule has 0 spiro atoms. The molecule has 0 aliphatic carbocycles. The Morgan fingerprint density at radius 1 is 1.32 bits per heavy atom. The van der Waals surface area contributed by atoms with Gasteiger partial charge in [0.2, 0.25) is 5.43 Å². The van der Waals surface area contributed by atoms with Crippen molar-refractivity contribution >= 4 is 5.84 Å². The highest BCUT2D eigenvalue weighted by Gasteiger charge is 2.08. The van der Waals surface area contributed by atoms with Crippen LogP contribution in [-0.2, 0) is 11.2 Å². The zero-order chi connectivity index (χ0) is 22.2. The lowest BCUT2D eigenvalue weighted by atomic mass is 10.1. The number of ether oxygens (including phenoxy) is 1. The number of hydrogen-bond donors (Lipinski definition) is 1. The molecule has 0 aliphatic heterocycles. The molecule has 0 fully saturated rings. The fourth-order valence-corrected chi connectivity index (χ4v) is 2.86. The molecule has 2 N–H and O–H groups in total. The van der Waals surface area contributed by atoms with Crippen molar-refractivity contribution in [3.05, 3.63) is 99.6 Å². The van der Waals surface area contributed by atoms with E-state index in [9.17, 15) is 4.79 Å². The van der Waals surface area contributed by atoms with Gasteiger partial charge in [-0.3, -0.25) is 9.78 Å². The van der Waals surface area contributed by atoms with E-state index < -0.39 is 0 Å². The topological polar surface area (TPSA) is 119 Å². The third-order valence-corrected chi connectivity index (χ3v) is 4.35. The van der Waals surface area contributed by atoms with Gasteiger partial charge in [0, 0.05) is 30.4 Å². The number of nitrogens with zero attached hydrogens (tertiary/aromatic N) is 5. The number of aromatic nitrogens is 3. The second-order valence-electron chi connectivity index (χ2n) is 6.68. The Bertz CT molecular complexity index is 1240. The van der Waals surface area contributed by atoms with Crippen LogP contribution in [-0.4, -0.2) is 27.2 Å². The second-order valence-corrected chi connectivity index (χ2v) is 6.68. The van der Waals surface area contributed by atoms with E-state index in [-0.39, 0.29) is 5.43 Å². The molecule has 156 valence electrons. The second kappa shape index (κ2) is 9.98. The summed E-state index contributed by atoms with van der Waals surface area (Å²) in [4.78, 5) is 20.7. The molecule has 2 heterocycles. The van der Waals surface area contributed by atoms with E-state index in [2.05, 4.69) is 15.1 Å². The van der Waals surface area contributed by atoms with Crippen molar-refractivity contribution < 1.29 is 4.74 Å². The van der Waals surface area contributed by atoms with Gasteiger partial charge in [0.25, 0.3) is 0 Å². The predicted molar refractivity (Wildman–Crippen MR) is 118 cm³/mol. The van der Waals surface area contributed by atoms with Crippen molar-refractivity contribution in [1.29, 1.82) is 5.26 Å². The van der Waals surface area contributed by atoms with Gasteiger partial charge < -0.3 is 10.5 Å². The first-order chi connectivity index (χ1) is 15.0. The SMILES string of the molecule is CCO/C(C)=C/N=C(N)c1cccc(Cc2nn(-c3cncc(C#N)c3)ccc2=O)c1. The van der Waals surface area contributed by atoms with Crippen LogP contribution in [0, 0.1) is 11.3 Å². The fourth-order valence-electron chi connectivity index (χ4n) is 2.86. The van der Waals surface area contributed by atoms with Gasteiger partial charge in [-0.2, -0.15) is 10.4 Å². The molecule has 0 bridgehead atoms. The number of hydrogen-bond acceptors (Lipinski definition) is 6. The van der Waals surface area contributed by atoms with Crippen molar-refractivity contribution in [1.82, 2.24) is 14.8 Å². The van der Waals surface area contributed by atoms with E-state index in [0.717, 1.165) is 11.1 Å². The molecular weight excluding hydrogens is 392 g/mol. The van der Waals surface area contributed by atoms with Gasteiger partial charge in [-0.15, -0.1) is 0 Å². The molecule has 8 heteroatoms. The largest absolute Gasteiger partial charge is 0.497 e. The highest BCUT2D eigenvalue weighted by atomic mass is 16.5. The van der Waals surface area contributed by atoms with E-state index in [0.29, 0.717) is 41.6 Å². The van der Waals surface area contributed by atoms with Crippen molar-refractivity contribution in [3.63, 3.8) is 0 Å². The van der Waals surface area contributed by atoms with Gasteiger partial charge in [0.1, 0.15) is 23.4 Å². The summed E-state index contributed by atoms with van der Waals surface area (Å²) in [6.07, 6.45) is 6.50. The molecule has 2 aromatic heterocycles. The molecule has 3 aromatic rings. The van der Waals surface area contributed by atoms with Crippen molar-refractivity contribution in [3.8, 4) is 11.8 Å². The molecule has 0 aliphatic rings. The van der Waals surface area contributed by atoms with Gasteiger partial charge in [-0.1, -0.05) is 18.2 Å². The Morgan fingerprint density at radius 2 is 2.16 bits per heavy atom. The Balaban J connectivity index is 1.87. The Labute approximate surface area is 180 Å².